The van der Waals surface area contributed by atoms with E-state index in [2.05, 4.69) is 30.9 Å². The number of aryl methyl sites for hydroxylation is 1. The highest BCUT2D eigenvalue weighted by atomic mass is 35.5. The van der Waals surface area contributed by atoms with Gasteiger partial charge in [0.2, 0.25) is 5.91 Å². The lowest BCUT2D eigenvalue weighted by Gasteiger charge is -2.34. The maximum atomic E-state index is 12.5. The number of amides is 2. The van der Waals surface area contributed by atoms with Gasteiger partial charge in [0, 0.05) is 24.7 Å². The van der Waals surface area contributed by atoms with Crippen LogP contribution in [0.5, 0.6) is 0 Å². The van der Waals surface area contributed by atoms with E-state index in [1.165, 1.54) is 17.5 Å². The first-order valence-electron chi connectivity index (χ1n) is 11.1. The van der Waals surface area contributed by atoms with Gasteiger partial charge in [0.05, 0.1) is 17.6 Å². The highest BCUT2D eigenvalue weighted by Gasteiger charge is 2.54. The van der Waals surface area contributed by atoms with E-state index in [0.717, 1.165) is 12.8 Å². The number of hydrogen-bond acceptors (Lipinski definition) is 7. The van der Waals surface area contributed by atoms with E-state index in [-0.39, 0.29) is 17.0 Å². The van der Waals surface area contributed by atoms with Crippen molar-refractivity contribution in [2.75, 3.05) is 10.6 Å². The molecule has 5 rings (SSSR count). The number of carbonyl (C=O) groups is 2. The van der Waals surface area contributed by atoms with Crippen molar-refractivity contribution < 1.29 is 14.3 Å². The monoisotopic (exact) mass is 481 g/mol. The number of anilines is 2. The van der Waals surface area contributed by atoms with Crippen molar-refractivity contribution in [3.05, 3.63) is 47.4 Å². The Bertz CT molecular complexity index is 1230. The molecule has 0 radical (unpaired) electrons. The van der Waals surface area contributed by atoms with Crippen LogP contribution >= 0.6 is 11.6 Å². The van der Waals surface area contributed by atoms with E-state index in [1.54, 1.807) is 50.6 Å². The van der Waals surface area contributed by atoms with Gasteiger partial charge >= 0.3 is 6.09 Å². The van der Waals surface area contributed by atoms with Crippen LogP contribution < -0.4 is 10.6 Å². The Morgan fingerprint density at radius 2 is 2.00 bits per heavy atom. The number of halogens is 1. The number of ether oxygens (including phenoxy) is 1. The van der Waals surface area contributed by atoms with Crippen LogP contribution in [0.4, 0.5) is 16.3 Å². The Morgan fingerprint density at radius 1 is 1.21 bits per heavy atom. The van der Waals surface area contributed by atoms with Crippen molar-refractivity contribution in [3.63, 3.8) is 0 Å². The van der Waals surface area contributed by atoms with Gasteiger partial charge in [-0.05, 0) is 56.2 Å². The number of rotatable bonds is 6. The molecule has 176 valence electrons. The van der Waals surface area contributed by atoms with E-state index < -0.39 is 12.2 Å². The van der Waals surface area contributed by atoms with E-state index in [4.69, 9.17) is 16.3 Å². The van der Waals surface area contributed by atoms with E-state index in [9.17, 15) is 9.59 Å². The van der Waals surface area contributed by atoms with Crippen molar-refractivity contribution in [2.24, 2.45) is 18.4 Å². The molecule has 11 heteroatoms. The molecule has 1 spiro atoms. The van der Waals surface area contributed by atoms with Gasteiger partial charge in [-0.25, -0.2) is 14.5 Å². The molecule has 2 amide bonds. The molecule has 0 bridgehead atoms. The fraction of sp³-hybridized carbons (Fsp3) is 0.391. The summed E-state index contributed by atoms with van der Waals surface area (Å²) in [5.74, 6) is 0.454. The normalized spacial score (nSPS) is 17.0. The molecule has 2 aliphatic rings. The van der Waals surface area contributed by atoms with E-state index in [1.807, 2.05) is 0 Å². The molecule has 3 heterocycles. The lowest BCUT2D eigenvalue weighted by atomic mass is 9.71. The topological polar surface area (TPSA) is 124 Å². The molecular weight excluding hydrogens is 458 g/mol. The summed E-state index contributed by atoms with van der Waals surface area (Å²) in [5, 5.41) is 14.0. The fourth-order valence-electron chi connectivity index (χ4n) is 4.33. The molecule has 0 aromatic carbocycles. The van der Waals surface area contributed by atoms with Gasteiger partial charge in [-0.3, -0.25) is 15.1 Å². The zero-order valence-corrected chi connectivity index (χ0v) is 19.5. The van der Waals surface area contributed by atoms with Crippen LogP contribution in [0, 0.1) is 11.3 Å². The molecule has 0 unspecified atom stereocenters. The largest absolute Gasteiger partial charge is 0.441 e. The first-order valence-corrected chi connectivity index (χ1v) is 11.5. The number of nitrogens with zero attached hydrogens (tertiary/aromatic N) is 5. The Hall–Kier alpha value is -3.53. The zero-order valence-electron chi connectivity index (χ0n) is 18.8. The molecular formula is C23H24ClN7O3. The average Bonchev–Trinajstić information content (AvgIpc) is 3.52. The summed E-state index contributed by atoms with van der Waals surface area (Å²) in [4.78, 5) is 33.3. The third-order valence-corrected chi connectivity index (χ3v) is 6.83. The molecule has 0 aliphatic heterocycles. The zero-order chi connectivity index (χ0) is 23.9. The van der Waals surface area contributed by atoms with Crippen LogP contribution in [0.1, 0.15) is 44.3 Å². The highest BCUT2D eigenvalue weighted by molar-refractivity contribution is 6.30. The molecule has 10 nitrogen and oxygen atoms in total. The Kier molecular flexibility index (Phi) is 5.68. The van der Waals surface area contributed by atoms with Gasteiger partial charge in [0.1, 0.15) is 11.3 Å². The minimum Gasteiger partial charge on any atom is -0.441 e. The smallest absolute Gasteiger partial charge is 0.413 e. The maximum absolute atomic E-state index is 12.5. The summed E-state index contributed by atoms with van der Waals surface area (Å²) in [6.07, 6.45) is 6.31. The first kappa shape index (κ1) is 22.3. The standard InChI is InChI=1S/C23H24ClN7O3/c1-13(16-4-3-9-25-19(16)24)34-22(33)28-20-18(29-30-31(20)2)17-6-5-15(12-26-17)27-21(32)14-10-23(11-14)7-8-23/h3-6,9,12-14H,7-8,10-11H2,1-2H3,(H,27,32)(H,28,33)/t13-/m1/s1. The Balaban J connectivity index is 1.23. The van der Waals surface area contributed by atoms with E-state index in [0.29, 0.717) is 33.9 Å². The lowest BCUT2D eigenvalue weighted by molar-refractivity contribution is -0.124. The summed E-state index contributed by atoms with van der Waals surface area (Å²) in [6.45, 7) is 1.70. The average molecular weight is 482 g/mol. The summed E-state index contributed by atoms with van der Waals surface area (Å²) in [6, 6.07) is 6.94. The van der Waals surface area contributed by atoms with Crippen LogP contribution in [-0.4, -0.2) is 37.0 Å². The number of carbonyl (C=O) groups excluding carboxylic acids is 2. The molecule has 2 aliphatic carbocycles. The van der Waals surface area contributed by atoms with Crippen LogP contribution in [0.15, 0.2) is 36.7 Å². The minimum absolute atomic E-state index is 0.0412. The third-order valence-electron chi connectivity index (χ3n) is 6.52. The van der Waals surface area contributed by atoms with Crippen LogP contribution in [0.25, 0.3) is 11.4 Å². The lowest BCUT2D eigenvalue weighted by Crippen LogP contribution is -2.35. The summed E-state index contributed by atoms with van der Waals surface area (Å²) < 4.78 is 6.86. The maximum Gasteiger partial charge on any atom is 0.413 e. The van der Waals surface area contributed by atoms with Gasteiger partial charge < -0.3 is 10.1 Å². The van der Waals surface area contributed by atoms with Crippen molar-refractivity contribution in [1.82, 2.24) is 25.0 Å². The van der Waals surface area contributed by atoms with Crippen molar-refractivity contribution in [2.45, 2.75) is 38.7 Å². The molecule has 2 fully saturated rings. The Morgan fingerprint density at radius 3 is 2.68 bits per heavy atom. The van der Waals surface area contributed by atoms with Gasteiger partial charge in [-0.2, -0.15) is 0 Å². The predicted octanol–water partition coefficient (Wildman–Crippen LogP) is 4.36. The quantitative estimate of drug-likeness (QED) is 0.501. The van der Waals surface area contributed by atoms with Crippen LogP contribution in [-0.2, 0) is 16.6 Å². The van der Waals surface area contributed by atoms with Gasteiger partial charge in [-0.15, -0.1) is 5.10 Å². The Labute approximate surface area is 201 Å². The molecule has 3 aromatic heterocycles. The molecule has 34 heavy (non-hydrogen) atoms. The minimum atomic E-state index is -0.697. The second kappa shape index (κ2) is 8.68. The summed E-state index contributed by atoms with van der Waals surface area (Å²) >= 11 is 6.08. The SMILES string of the molecule is C[C@@H](OC(=O)Nc1c(-c2ccc(NC(=O)C3CC4(CC4)C3)cn2)nnn1C)c1cccnc1Cl. The van der Waals surface area contributed by atoms with Gasteiger partial charge in [-0.1, -0.05) is 22.9 Å². The predicted molar refractivity (Wildman–Crippen MR) is 125 cm³/mol. The summed E-state index contributed by atoms with van der Waals surface area (Å²) in [7, 11) is 1.65. The van der Waals surface area contributed by atoms with Crippen molar-refractivity contribution >= 4 is 35.1 Å². The third kappa shape index (κ3) is 4.45. The molecule has 0 saturated heterocycles. The number of nitrogens with one attached hydrogen (secondary N) is 2. The molecule has 1 atom stereocenters. The molecule has 3 aromatic rings. The fourth-order valence-corrected chi connectivity index (χ4v) is 4.60. The van der Waals surface area contributed by atoms with Crippen molar-refractivity contribution in [3.8, 4) is 11.4 Å². The second-order valence-corrected chi connectivity index (χ2v) is 9.35. The van der Waals surface area contributed by atoms with Crippen LogP contribution in [0.2, 0.25) is 5.15 Å². The number of pyridine rings is 2. The first-order chi connectivity index (χ1) is 16.3. The molecule has 2 N–H and O–H groups in total. The number of hydrogen-bond donors (Lipinski definition) is 2. The number of aromatic nitrogens is 5. The van der Waals surface area contributed by atoms with Gasteiger partial charge in [0.15, 0.2) is 11.5 Å². The highest BCUT2D eigenvalue weighted by Crippen LogP contribution is 2.63. The molecule has 2 saturated carbocycles. The van der Waals surface area contributed by atoms with Crippen LogP contribution in [0.3, 0.4) is 0 Å². The second-order valence-electron chi connectivity index (χ2n) is 8.99. The van der Waals surface area contributed by atoms with Gasteiger partial charge in [0.25, 0.3) is 0 Å². The van der Waals surface area contributed by atoms with E-state index >= 15 is 0 Å². The summed E-state index contributed by atoms with van der Waals surface area (Å²) in [5.41, 5.74) is 2.55. The van der Waals surface area contributed by atoms with Crippen molar-refractivity contribution in [1.29, 1.82) is 0 Å².